The molecule has 2 heterocycles. The van der Waals surface area contributed by atoms with Gasteiger partial charge in [0, 0.05) is 29.3 Å². The molecule has 0 spiro atoms. The summed E-state index contributed by atoms with van der Waals surface area (Å²) in [5.74, 6) is 0.487. The summed E-state index contributed by atoms with van der Waals surface area (Å²) in [7, 11) is 1.56. The minimum atomic E-state index is -0.314. The van der Waals surface area contributed by atoms with E-state index >= 15 is 0 Å². The quantitative estimate of drug-likeness (QED) is 0.476. The van der Waals surface area contributed by atoms with Gasteiger partial charge in [-0.2, -0.15) is 9.36 Å². The minimum Gasteiger partial charge on any atom is -0.472 e. The molecule has 0 fully saturated rings. The first kappa shape index (κ1) is 18.2. The lowest BCUT2D eigenvalue weighted by Gasteiger charge is -2.11. The van der Waals surface area contributed by atoms with Crippen molar-refractivity contribution in [3.05, 3.63) is 80.8 Å². The predicted octanol–water partition coefficient (Wildman–Crippen LogP) is 2.80. The summed E-state index contributed by atoms with van der Waals surface area (Å²) in [6.45, 7) is 2.21. The molecule has 4 rings (SSSR count). The van der Waals surface area contributed by atoms with E-state index in [9.17, 15) is 4.79 Å². The predicted molar refractivity (Wildman–Crippen MR) is 107 cm³/mol. The summed E-state index contributed by atoms with van der Waals surface area (Å²) >= 11 is 3.46. The van der Waals surface area contributed by atoms with Gasteiger partial charge in [0.15, 0.2) is 0 Å². The van der Waals surface area contributed by atoms with Crippen LogP contribution in [0.4, 0.5) is 0 Å². The van der Waals surface area contributed by atoms with E-state index in [1.807, 2.05) is 55.6 Å². The van der Waals surface area contributed by atoms with Crippen molar-refractivity contribution in [2.75, 3.05) is 0 Å². The monoisotopic (exact) mass is 440 g/mol. The molecule has 0 aliphatic rings. The minimum absolute atomic E-state index is 0.251. The number of aromatic nitrogens is 6. The average Bonchev–Trinajstić information content (AvgIpc) is 3.28. The Bertz CT molecular complexity index is 1190. The Morgan fingerprint density at radius 2 is 1.93 bits per heavy atom. The van der Waals surface area contributed by atoms with Crippen molar-refractivity contribution in [2.24, 2.45) is 7.05 Å². The Kier molecular flexibility index (Phi) is 4.82. The molecule has 0 saturated carbocycles. The van der Waals surface area contributed by atoms with Crippen LogP contribution in [0.1, 0.15) is 11.1 Å². The fourth-order valence-corrected chi connectivity index (χ4v) is 3.22. The maximum Gasteiger partial charge on any atom is 0.368 e. The van der Waals surface area contributed by atoms with Crippen LogP contribution in [-0.4, -0.2) is 29.6 Å². The molecule has 0 aliphatic heterocycles. The van der Waals surface area contributed by atoms with Crippen molar-refractivity contribution < 1.29 is 4.74 Å². The van der Waals surface area contributed by atoms with Crippen LogP contribution >= 0.6 is 15.9 Å². The van der Waals surface area contributed by atoms with Gasteiger partial charge < -0.3 is 4.74 Å². The van der Waals surface area contributed by atoms with E-state index in [4.69, 9.17) is 4.74 Å². The van der Waals surface area contributed by atoms with Crippen molar-refractivity contribution in [1.82, 2.24) is 29.6 Å². The van der Waals surface area contributed by atoms with Gasteiger partial charge >= 0.3 is 5.69 Å². The molecule has 0 radical (unpaired) electrons. The zero-order chi connectivity index (χ0) is 19.7. The van der Waals surface area contributed by atoms with Gasteiger partial charge in [0.25, 0.3) is 0 Å². The number of hydrogen-bond acceptors (Lipinski definition) is 5. The van der Waals surface area contributed by atoms with Crippen LogP contribution < -0.4 is 10.4 Å². The van der Waals surface area contributed by atoms with Crippen LogP contribution in [-0.2, 0) is 13.7 Å². The van der Waals surface area contributed by atoms with Crippen LogP contribution in [0.5, 0.6) is 5.88 Å². The molecule has 0 aliphatic carbocycles. The van der Waals surface area contributed by atoms with Crippen LogP contribution in [0.2, 0.25) is 0 Å². The van der Waals surface area contributed by atoms with Crippen molar-refractivity contribution >= 4 is 15.9 Å². The molecular formula is C19H17BrN6O2. The lowest BCUT2D eigenvalue weighted by Crippen LogP contribution is -2.23. The zero-order valence-electron chi connectivity index (χ0n) is 15.3. The molecule has 2 aromatic heterocycles. The summed E-state index contributed by atoms with van der Waals surface area (Å²) < 4.78 is 11.1. The normalized spacial score (nSPS) is 11.0. The lowest BCUT2D eigenvalue weighted by molar-refractivity contribution is 0.290. The second-order valence-electron chi connectivity index (χ2n) is 6.24. The summed E-state index contributed by atoms with van der Waals surface area (Å²) in [5.41, 5.74) is 3.09. The number of benzene rings is 2. The maximum absolute atomic E-state index is 12.2. The SMILES string of the molecule is Cc1cccc(-n2nnn(C)c2=O)c1COc1ccn(-c2cccc(Br)c2)n1. The topological polar surface area (TPSA) is 79.8 Å². The Balaban J connectivity index is 1.60. The first-order valence-electron chi connectivity index (χ1n) is 8.55. The summed E-state index contributed by atoms with van der Waals surface area (Å²) in [5, 5.41) is 12.2. The number of rotatable bonds is 5. The molecule has 0 N–H and O–H groups in total. The van der Waals surface area contributed by atoms with Crippen LogP contribution in [0.15, 0.2) is 64.0 Å². The Hall–Kier alpha value is -3.20. The molecule has 0 unspecified atom stereocenters. The smallest absolute Gasteiger partial charge is 0.368 e. The molecule has 0 saturated heterocycles. The second kappa shape index (κ2) is 7.43. The summed E-state index contributed by atoms with van der Waals surface area (Å²) in [6.07, 6.45) is 1.84. The second-order valence-corrected chi connectivity index (χ2v) is 7.15. The third kappa shape index (κ3) is 3.48. The van der Waals surface area contributed by atoms with E-state index in [0.717, 1.165) is 21.3 Å². The Morgan fingerprint density at radius 3 is 2.68 bits per heavy atom. The first-order valence-corrected chi connectivity index (χ1v) is 9.34. The number of aryl methyl sites for hydroxylation is 2. The first-order chi connectivity index (χ1) is 13.5. The molecular weight excluding hydrogens is 424 g/mol. The Morgan fingerprint density at radius 1 is 1.11 bits per heavy atom. The highest BCUT2D eigenvalue weighted by atomic mass is 79.9. The third-order valence-corrected chi connectivity index (χ3v) is 4.83. The van der Waals surface area contributed by atoms with Crippen molar-refractivity contribution in [1.29, 1.82) is 0 Å². The molecule has 0 atom stereocenters. The van der Waals surface area contributed by atoms with Crippen molar-refractivity contribution in [3.8, 4) is 17.3 Å². The van der Waals surface area contributed by atoms with Crippen LogP contribution in [0.3, 0.4) is 0 Å². The van der Waals surface area contributed by atoms with Crippen molar-refractivity contribution in [2.45, 2.75) is 13.5 Å². The van der Waals surface area contributed by atoms with E-state index < -0.39 is 0 Å². The molecule has 2 aromatic carbocycles. The highest BCUT2D eigenvalue weighted by Gasteiger charge is 2.14. The summed E-state index contributed by atoms with van der Waals surface area (Å²) in [4.78, 5) is 12.2. The van der Waals surface area contributed by atoms with Gasteiger partial charge in [-0.05, 0) is 47.2 Å². The lowest BCUT2D eigenvalue weighted by atomic mass is 10.1. The van der Waals surface area contributed by atoms with Gasteiger partial charge in [-0.3, -0.25) is 0 Å². The zero-order valence-corrected chi connectivity index (χ0v) is 16.9. The van der Waals surface area contributed by atoms with Gasteiger partial charge in [-0.1, -0.05) is 34.1 Å². The number of halogens is 1. The van der Waals surface area contributed by atoms with Gasteiger partial charge in [0.2, 0.25) is 5.88 Å². The fourth-order valence-electron chi connectivity index (χ4n) is 2.83. The van der Waals surface area contributed by atoms with E-state index in [-0.39, 0.29) is 12.3 Å². The molecule has 0 bridgehead atoms. The number of nitrogens with zero attached hydrogens (tertiary/aromatic N) is 6. The third-order valence-electron chi connectivity index (χ3n) is 4.34. The highest BCUT2D eigenvalue weighted by molar-refractivity contribution is 9.10. The molecule has 4 aromatic rings. The number of hydrogen-bond donors (Lipinski definition) is 0. The average molecular weight is 441 g/mol. The molecule has 142 valence electrons. The van der Waals surface area contributed by atoms with E-state index in [1.54, 1.807) is 17.8 Å². The molecule has 0 amide bonds. The maximum atomic E-state index is 12.2. The summed E-state index contributed by atoms with van der Waals surface area (Å²) in [6, 6.07) is 15.3. The standard InChI is InChI=1S/C19H17BrN6O2/c1-13-5-3-8-17(26-19(27)24(2)22-23-26)16(13)12-28-18-9-10-25(21-18)15-7-4-6-14(20)11-15/h3-11H,12H2,1-2H3. The largest absolute Gasteiger partial charge is 0.472 e. The number of ether oxygens (including phenoxy) is 1. The van der Waals surface area contributed by atoms with Gasteiger partial charge in [-0.15, -0.1) is 5.10 Å². The van der Waals surface area contributed by atoms with E-state index in [1.165, 1.54) is 9.36 Å². The van der Waals surface area contributed by atoms with Crippen LogP contribution in [0, 0.1) is 6.92 Å². The molecule has 28 heavy (non-hydrogen) atoms. The molecule has 8 nitrogen and oxygen atoms in total. The van der Waals surface area contributed by atoms with Gasteiger partial charge in [-0.25, -0.2) is 9.48 Å². The van der Waals surface area contributed by atoms with E-state index in [0.29, 0.717) is 11.6 Å². The highest BCUT2D eigenvalue weighted by Crippen LogP contribution is 2.21. The van der Waals surface area contributed by atoms with Crippen LogP contribution in [0.25, 0.3) is 11.4 Å². The fraction of sp³-hybridized carbons (Fsp3) is 0.158. The van der Waals surface area contributed by atoms with Gasteiger partial charge in [0.1, 0.15) is 6.61 Å². The van der Waals surface area contributed by atoms with Gasteiger partial charge in [0.05, 0.1) is 11.4 Å². The molecule has 9 heteroatoms. The Labute approximate surface area is 169 Å². The van der Waals surface area contributed by atoms with Crippen molar-refractivity contribution in [3.63, 3.8) is 0 Å². The number of tetrazole rings is 1. The van der Waals surface area contributed by atoms with E-state index in [2.05, 4.69) is 31.5 Å².